The van der Waals surface area contributed by atoms with Crippen LogP contribution in [-0.4, -0.2) is 41.3 Å². The highest BCUT2D eigenvalue weighted by atomic mass is 16.5. The van der Waals surface area contributed by atoms with E-state index < -0.39 is 6.10 Å². The molecule has 3 rings (SSSR count). The quantitative estimate of drug-likeness (QED) is 0.715. The summed E-state index contributed by atoms with van der Waals surface area (Å²) in [7, 11) is 2.00. The van der Waals surface area contributed by atoms with Gasteiger partial charge in [-0.15, -0.1) is 0 Å². The summed E-state index contributed by atoms with van der Waals surface area (Å²) in [6.45, 7) is 2.93. The zero-order valence-corrected chi connectivity index (χ0v) is 14.7. The Morgan fingerprint density at radius 2 is 1.76 bits per heavy atom. The number of nitrogens with zero attached hydrogens (tertiary/aromatic N) is 2. The van der Waals surface area contributed by atoms with Crippen LogP contribution in [0.2, 0.25) is 0 Å². The van der Waals surface area contributed by atoms with Crippen LogP contribution in [0.3, 0.4) is 0 Å². The van der Waals surface area contributed by atoms with Gasteiger partial charge in [0, 0.05) is 25.0 Å². The third-order valence-corrected chi connectivity index (χ3v) is 4.51. The van der Waals surface area contributed by atoms with Gasteiger partial charge in [0.05, 0.1) is 0 Å². The summed E-state index contributed by atoms with van der Waals surface area (Å²) in [4.78, 5) is 6.16. The van der Waals surface area contributed by atoms with Crippen molar-refractivity contribution >= 4 is 10.8 Å². The number of hydrogen-bond donors (Lipinski definition) is 1. The minimum atomic E-state index is -0.555. The average Bonchev–Trinajstić information content (AvgIpc) is 2.66. The topological polar surface area (TPSA) is 45.6 Å². The molecule has 3 aromatic rings. The van der Waals surface area contributed by atoms with E-state index in [1.807, 2.05) is 49.5 Å². The van der Waals surface area contributed by atoms with Crippen LogP contribution in [0, 0.1) is 0 Å². The van der Waals surface area contributed by atoms with Gasteiger partial charge < -0.3 is 9.84 Å². The molecule has 25 heavy (non-hydrogen) atoms. The van der Waals surface area contributed by atoms with Crippen molar-refractivity contribution in [2.45, 2.75) is 19.1 Å². The number of rotatable bonds is 7. The second kappa shape index (κ2) is 8.10. The standard InChI is InChI=1S/C21H24N2O2/c1-16(17-9-11-22-12-10-17)23(2)14-20(24)15-25-21-8-7-18-5-3-4-6-19(18)13-21/h3-13,16,20,24H,14-15H2,1-2H3. The first-order chi connectivity index (χ1) is 12.1. The maximum Gasteiger partial charge on any atom is 0.120 e. The van der Waals surface area contributed by atoms with Crippen LogP contribution in [0.5, 0.6) is 5.75 Å². The minimum absolute atomic E-state index is 0.207. The van der Waals surface area contributed by atoms with Crippen molar-refractivity contribution in [3.8, 4) is 5.75 Å². The molecule has 130 valence electrons. The third kappa shape index (κ3) is 4.56. The Kier molecular flexibility index (Phi) is 5.64. The van der Waals surface area contributed by atoms with Gasteiger partial charge in [0.25, 0.3) is 0 Å². The molecule has 0 radical (unpaired) electrons. The zero-order chi connectivity index (χ0) is 17.6. The van der Waals surface area contributed by atoms with E-state index in [1.54, 1.807) is 12.4 Å². The average molecular weight is 336 g/mol. The van der Waals surface area contributed by atoms with Crippen molar-refractivity contribution in [3.05, 3.63) is 72.6 Å². The molecule has 0 aliphatic rings. The fourth-order valence-corrected chi connectivity index (χ4v) is 2.89. The number of ether oxygens (including phenoxy) is 1. The van der Waals surface area contributed by atoms with E-state index in [0.717, 1.165) is 11.1 Å². The molecular formula is C21H24N2O2. The predicted octanol–water partition coefficient (Wildman–Crippen LogP) is 3.67. The summed E-state index contributed by atoms with van der Waals surface area (Å²) >= 11 is 0. The summed E-state index contributed by atoms with van der Waals surface area (Å²) in [5.41, 5.74) is 1.18. The van der Waals surface area contributed by atoms with Gasteiger partial charge in [0.1, 0.15) is 18.5 Å². The van der Waals surface area contributed by atoms with Gasteiger partial charge in [0.15, 0.2) is 0 Å². The number of aliphatic hydroxyl groups is 1. The first-order valence-electron chi connectivity index (χ1n) is 8.53. The lowest BCUT2D eigenvalue weighted by atomic mass is 10.1. The molecule has 0 aliphatic heterocycles. The van der Waals surface area contributed by atoms with Crippen LogP contribution in [0.4, 0.5) is 0 Å². The minimum Gasteiger partial charge on any atom is -0.491 e. The second-order valence-electron chi connectivity index (χ2n) is 6.37. The zero-order valence-electron chi connectivity index (χ0n) is 14.7. The van der Waals surface area contributed by atoms with Crippen molar-refractivity contribution in [2.75, 3.05) is 20.2 Å². The number of aromatic nitrogens is 1. The van der Waals surface area contributed by atoms with Gasteiger partial charge in [0.2, 0.25) is 0 Å². The highest BCUT2D eigenvalue weighted by Gasteiger charge is 2.16. The lowest BCUT2D eigenvalue weighted by Crippen LogP contribution is -2.34. The molecule has 2 atom stereocenters. The molecule has 0 spiro atoms. The van der Waals surface area contributed by atoms with Gasteiger partial charge >= 0.3 is 0 Å². The Bertz CT molecular complexity index is 807. The van der Waals surface area contributed by atoms with Crippen LogP contribution in [-0.2, 0) is 0 Å². The van der Waals surface area contributed by atoms with Crippen molar-refractivity contribution < 1.29 is 9.84 Å². The first kappa shape index (κ1) is 17.4. The predicted molar refractivity (Wildman–Crippen MR) is 101 cm³/mol. The van der Waals surface area contributed by atoms with E-state index >= 15 is 0 Å². The number of likely N-dealkylation sites (N-methyl/N-ethyl adjacent to an activating group) is 1. The number of hydrogen-bond acceptors (Lipinski definition) is 4. The smallest absolute Gasteiger partial charge is 0.120 e. The second-order valence-corrected chi connectivity index (χ2v) is 6.37. The van der Waals surface area contributed by atoms with E-state index in [0.29, 0.717) is 6.54 Å². The molecule has 0 amide bonds. The number of aliphatic hydroxyl groups excluding tert-OH is 1. The molecule has 1 aromatic heterocycles. The van der Waals surface area contributed by atoms with E-state index in [4.69, 9.17) is 4.74 Å². The Hall–Kier alpha value is -2.43. The largest absolute Gasteiger partial charge is 0.491 e. The summed E-state index contributed by atoms with van der Waals surface area (Å²) in [6, 6.07) is 18.4. The van der Waals surface area contributed by atoms with E-state index in [1.165, 1.54) is 10.9 Å². The van der Waals surface area contributed by atoms with Crippen molar-refractivity contribution in [1.29, 1.82) is 0 Å². The normalized spacial score (nSPS) is 13.8. The summed E-state index contributed by atoms with van der Waals surface area (Å²) in [5.74, 6) is 0.780. The van der Waals surface area contributed by atoms with E-state index in [2.05, 4.69) is 28.9 Å². The van der Waals surface area contributed by atoms with Crippen molar-refractivity contribution in [2.24, 2.45) is 0 Å². The van der Waals surface area contributed by atoms with Crippen LogP contribution >= 0.6 is 0 Å². The first-order valence-corrected chi connectivity index (χ1v) is 8.53. The molecule has 0 fully saturated rings. The molecule has 2 unspecified atom stereocenters. The molecule has 0 bridgehead atoms. The molecule has 1 heterocycles. The van der Waals surface area contributed by atoms with Crippen LogP contribution in [0.15, 0.2) is 67.0 Å². The highest BCUT2D eigenvalue weighted by molar-refractivity contribution is 5.83. The molecule has 0 saturated heterocycles. The van der Waals surface area contributed by atoms with Gasteiger partial charge in [-0.1, -0.05) is 30.3 Å². The van der Waals surface area contributed by atoms with Crippen molar-refractivity contribution in [1.82, 2.24) is 9.88 Å². The molecule has 2 aromatic carbocycles. The summed E-state index contributed by atoms with van der Waals surface area (Å²) in [6.07, 6.45) is 3.03. The van der Waals surface area contributed by atoms with Gasteiger partial charge in [-0.3, -0.25) is 9.88 Å². The molecule has 0 aliphatic carbocycles. The van der Waals surface area contributed by atoms with Gasteiger partial charge in [-0.2, -0.15) is 0 Å². The molecule has 4 heteroatoms. The van der Waals surface area contributed by atoms with Gasteiger partial charge in [-0.25, -0.2) is 0 Å². The number of fused-ring (bicyclic) bond motifs is 1. The summed E-state index contributed by atoms with van der Waals surface area (Å²) in [5, 5.41) is 12.6. The maximum absolute atomic E-state index is 10.3. The molecule has 1 N–H and O–H groups in total. The fourth-order valence-electron chi connectivity index (χ4n) is 2.89. The van der Waals surface area contributed by atoms with E-state index in [-0.39, 0.29) is 12.6 Å². The molecule has 4 nitrogen and oxygen atoms in total. The lowest BCUT2D eigenvalue weighted by molar-refractivity contribution is 0.0654. The Balaban J connectivity index is 1.54. The van der Waals surface area contributed by atoms with E-state index in [9.17, 15) is 5.11 Å². The fraction of sp³-hybridized carbons (Fsp3) is 0.286. The highest BCUT2D eigenvalue weighted by Crippen LogP contribution is 2.21. The monoisotopic (exact) mass is 336 g/mol. The summed E-state index contributed by atoms with van der Waals surface area (Å²) < 4.78 is 5.78. The third-order valence-electron chi connectivity index (χ3n) is 4.51. The van der Waals surface area contributed by atoms with Crippen molar-refractivity contribution in [3.63, 3.8) is 0 Å². The Morgan fingerprint density at radius 3 is 2.52 bits per heavy atom. The molecular weight excluding hydrogens is 312 g/mol. The van der Waals surface area contributed by atoms with Crippen LogP contribution < -0.4 is 4.74 Å². The van der Waals surface area contributed by atoms with Crippen LogP contribution in [0.25, 0.3) is 10.8 Å². The maximum atomic E-state index is 10.3. The Labute approximate surface area is 148 Å². The van der Waals surface area contributed by atoms with Gasteiger partial charge in [-0.05, 0) is 54.6 Å². The lowest BCUT2D eigenvalue weighted by Gasteiger charge is -2.27. The Morgan fingerprint density at radius 1 is 1.04 bits per heavy atom. The number of benzene rings is 2. The van der Waals surface area contributed by atoms with Crippen LogP contribution in [0.1, 0.15) is 18.5 Å². The molecule has 0 saturated carbocycles. The SMILES string of the molecule is CC(c1ccncc1)N(C)CC(O)COc1ccc2ccccc2c1. The number of pyridine rings is 1.